The van der Waals surface area contributed by atoms with Crippen molar-refractivity contribution in [2.45, 2.75) is 213 Å². The smallest absolute Gasteiger partial charge is 0.346 e. The van der Waals surface area contributed by atoms with E-state index >= 15 is 0 Å². The Morgan fingerprint density at radius 3 is 1.61 bits per heavy atom. The first kappa shape index (κ1) is 75.8. The van der Waals surface area contributed by atoms with E-state index < -0.39 is 12.1 Å². The lowest BCUT2D eigenvalue weighted by atomic mass is 9.95. The molecule has 6 heterocycles. The van der Waals surface area contributed by atoms with Crippen LogP contribution in [0.4, 0.5) is 11.4 Å². The quantitative estimate of drug-likeness (QED) is 0.0138. The van der Waals surface area contributed by atoms with Crippen molar-refractivity contribution in [1.29, 1.82) is 10.5 Å². The van der Waals surface area contributed by atoms with E-state index in [0.717, 1.165) is 73.2 Å². The molecule has 0 amide bonds. The topological polar surface area (TPSA) is 119 Å². The van der Waals surface area contributed by atoms with Crippen molar-refractivity contribution < 1.29 is 19.4 Å². The number of carboxylic acids is 1. The lowest BCUT2D eigenvalue weighted by molar-refractivity contribution is -0.132. The highest BCUT2D eigenvalue weighted by Gasteiger charge is 2.42. The zero-order chi connectivity index (χ0) is 73.0. The number of unbranched alkanes of at least 4 members (excludes halogenated alkanes) is 12. The summed E-state index contributed by atoms with van der Waals surface area (Å²) in [4.78, 5) is 36.0. The Labute approximate surface area is 639 Å². The molecule has 0 saturated heterocycles. The third-order valence-corrected chi connectivity index (χ3v) is 26.4. The first-order valence-electron chi connectivity index (χ1n) is 38.8. The van der Waals surface area contributed by atoms with Crippen LogP contribution in [-0.4, -0.2) is 34.3 Å². The monoisotopic (exact) mass is 1460 g/mol. The van der Waals surface area contributed by atoms with Crippen LogP contribution in [0.3, 0.4) is 0 Å². The number of ether oxygens (including phenoxy) is 1. The summed E-state index contributed by atoms with van der Waals surface area (Å²) >= 11 is 7.84. The number of anilines is 2. The summed E-state index contributed by atoms with van der Waals surface area (Å²) in [7, 11) is 0. The summed E-state index contributed by atoms with van der Waals surface area (Å²) < 4.78 is 7.63. The van der Waals surface area contributed by atoms with E-state index in [1.54, 1.807) is 17.4 Å². The molecule has 1 fully saturated rings. The summed E-state index contributed by atoms with van der Waals surface area (Å²) in [6, 6.07) is 66.3. The number of thiophene rings is 4. The van der Waals surface area contributed by atoms with Crippen molar-refractivity contribution in [3.63, 3.8) is 0 Å². The second kappa shape index (κ2) is 37.4. The van der Waals surface area contributed by atoms with Gasteiger partial charge in [-0.1, -0.05) is 214 Å². The molecule has 6 aromatic carbocycles. The molecule has 12 heteroatoms. The average Bonchev–Trinajstić information content (AvgIpc) is 1.60. The molecule has 3 unspecified atom stereocenters. The molecule has 11 aromatic rings. The van der Waals surface area contributed by atoms with Crippen LogP contribution in [0, 0.1) is 22.7 Å². The Hall–Kier alpha value is -8.88. The predicted octanol–water partition coefficient (Wildman–Crippen LogP) is 26.9. The van der Waals surface area contributed by atoms with Crippen LogP contribution < -0.4 is 4.90 Å². The number of carbonyl (C=O) groups is 2. The Bertz CT molecular complexity index is 4830. The lowest BCUT2D eigenvalue weighted by Gasteiger charge is -2.27. The Kier molecular flexibility index (Phi) is 27.0. The van der Waals surface area contributed by atoms with Gasteiger partial charge in [0.1, 0.15) is 17.7 Å². The number of carboxylic acid groups (broad SMARTS) is 1. The molecular weight excluding hydrogens is 1370 g/mol. The van der Waals surface area contributed by atoms with Crippen molar-refractivity contribution >= 4 is 109 Å². The maximum Gasteiger partial charge on any atom is 0.346 e. The molecule has 3 atom stereocenters. The highest BCUT2D eigenvalue weighted by atomic mass is 32.1. The fraction of sp³-hybridized carbons (Fsp3) is 0.355. The average molecular weight is 1470 g/mol. The second-order valence-corrected chi connectivity index (χ2v) is 32.7. The summed E-state index contributed by atoms with van der Waals surface area (Å²) in [5.74, 6) is -0.791. The highest BCUT2D eigenvalue weighted by Crippen LogP contribution is 2.54. The molecule has 1 aliphatic carbocycles. The summed E-state index contributed by atoms with van der Waals surface area (Å²) in [5, 5.41) is 30.9. The molecular formula is C93H100N4O4S4. The SMILES string of the molecule is CCCCCCc1cc(-c2sc(-c3sc(-c4sc(CC(C#N)OC=O)cc4CCCCCC)cc3CCCCCC)cc2CCCCCC)sc1-c1ccc2c(c1)c1ccccc1n2CC.N#C/C(=C\c1ccc2c(c1)C1CCCC1N2c1ccc(C=C(c2ccccc2)c2ccccc2)cc1)C(=O)O. The maximum absolute atomic E-state index is 11.3. The minimum atomic E-state index is -1.20. The molecule has 105 heavy (non-hydrogen) atoms. The lowest BCUT2D eigenvalue weighted by Crippen LogP contribution is -2.26. The van der Waals surface area contributed by atoms with Crippen LogP contribution in [-0.2, 0) is 53.0 Å². The molecule has 0 bridgehead atoms. The van der Waals surface area contributed by atoms with Crippen LogP contribution in [0.15, 0.2) is 175 Å². The molecule has 5 aromatic heterocycles. The van der Waals surface area contributed by atoms with Gasteiger partial charge in [-0.25, -0.2) is 4.79 Å². The molecule has 0 spiro atoms. The van der Waals surface area contributed by atoms with Crippen LogP contribution in [0.1, 0.15) is 217 Å². The van der Waals surface area contributed by atoms with Crippen LogP contribution in [0.25, 0.3) is 79.2 Å². The number of rotatable bonds is 35. The van der Waals surface area contributed by atoms with Crippen LogP contribution in [0.2, 0.25) is 0 Å². The van der Waals surface area contributed by atoms with Crippen LogP contribution in [0.5, 0.6) is 0 Å². The van der Waals surface area contributed by atoms with Gasteiger partial charge in [-0.15, -0.1) is 45.3 Å². The van der Waals surface area contributed by atoms with E-state index in [0.29, 0.717) is 24.9 Å². The predicted molar refractivity (Wildman–Crippen MR) is 446 cm³/mol. The number of nitrogens with zero attached hydrogens (tertiary/aromatic N) is 4. The van der Waals surface area contributed by atoms with Crippen molar-refractivity contribution in [3.8, 4) is 51.8 Å². The summed E-state index contributed by atoms with van der Waals surface area (Å²) in [5.41, 5.74) is 18.6. The summed E-state index contributed by atoms with van der Waals surface area (Å²) in [6.07, 6.45) is 30.9. The van der Waals surface area contributed by atoms with Gasteiger partial charge in [0.25, 0.3) is 6.47 Å². The Morgan fingerprint density at radius 1 is 0.543 bits per heavy atom. The van der Waals surface area contributed by atoms with Crippen molar-refractivity contribution in [2.24, 2.45) is 0 Å². The normalized spacial score (nSPS) is 14.2. The molecule has 1 saturated carbocycles. The van der Waals surface area contributed by atoms with Crippen molar-refractivity contribution in [1.82, 2.24) is 4.57 Å². The van der Waals surface area contributed by atoms with Crippen molar-refractivity contribution in [2.75, 3.05) is 4.90 Å². The van der Waals surface area contributed by atoms with Gasteiger partial charge in [-0.3, -0.25) is 4.79 Å². The van der Waals surface area contributed by atoms with E-state index in [-0.39, 0.29) is 5.57 Å². The van der Waals surface area contributed by atoms with Gasteiger partial charge in [0.2, 0.25) is 0 Å². The molecule has 540 valence electrons. The zero-order valence-electron chi connectivity index (χ0n) is 61.9. The van der Waals surface area contributed by atoms with Gasteiger partial charge in [0, 0.05) is 97.1 Å². The van der Waals surface area contributed by atoms with Crippen molar-refractivity contribution in [3.05, 3.63) is 230 Å². The zero-order valence-corrected chi connectivity index (χ0v) is 65.2. The van der Waals surface area contributed by atoms with Gasteiger partial charge in [-0.2, -0.15) is 10.5 Å². The number of aryl methyl sites for hydroxylation is 5. The molecule has 1 aliphatic heterocycles. The highest BCUT2D eigenvalue weighted by molar-refractivity contribution is 7.29. The van der Waals surface area contributed by atoms with Gasteiger partial charge < -0.3 is 19.3 Å². The number of para-hydroxylation sites is 1. The fourth-order valence-corrected chi connectivity index (χ4v) is 21.0. The van der Waals surface area contributed by atoms with E-state index in [9.17, 15) is 25.2 Å². The largest absolute Gasteiger partial charge is 0.477 e. The number of aliphatic carboxylic acids is 1. The first-order chi connectivity index (χ1) is 51.6. The fourth-order valence-electron chi connectivity index (χ4n) is 15.8. The van der Waals surface area contributed by atoms with Crippen LogP contribution >= 0.6 is 45.3 Å². The third kappa shape index (κ3) is 18.2. The summed E-state index contributed by atoms with van der Waals surface area (Å²) in [6.45, 7) is 12.8. The van der Waals surface area contributed by atoms with Gasteiger partial charge >= 0.3 is 5.97 Å². The van der Waals surface area contributed by atoms with Gasteiger partial charge in [0.05, 0.1) is 0 Å². The Balaban J connectivity index is 0.000000224. The minimum Gasteiger partial charge on any atom is -0.477 e. The third-order valence-electron chi connectivity index (χ3n) is 21.1. The second-order valence-electron chi connectivity index (χ2n) is 28.4. The van der Waals surface area contributed by atoms with E-state index in [2.05, 4.69) is 208 Å². The van der Waals surface area contributed by atoms with E-state index in [4.69, 9.17) is 4.74 Å². The molecule has 2 aliphatic rings. The number of carbonyl (C=O) groups excluding carboxylic acids is 1. The number of benzene rings is 6. The number of hydrogen-bond donors (Lipinski definition) is 1. The number of nitriles is 2. The van der Waals surface area contributed by atoms with E-state index in [1.807, 2.05) is 52.2 Å². The number of fused-ring (bicyclic) bond motifs is 6. The molecule has 13 rings (SSSR count). The van der Waals surface area contributed by atoms with E-state index in [1.165, 1.54) is 221 Å². The molecule has 0 radical (unpaired) electrons. The number of aromatic nitrogens is 1. The number of hydrogen-bond acceptors (Lipinski definition) is 10. The Morgan fingerprint density at radius 2 is 1.07 bits per heavy atom. The maximum atomic E-state index is 11.3. The standard InChI is InChI=1S/C58H72N2O2S4.C35H28N2O2/c1-6-11-15-19-25-41-33-47(38-46(39-59)62-40-61)63-56(41)52-36-43(27-21-17-13-8-3)58(65-52)54-37-44(28-22-18-14-9-4)57(66-54)53-35-42(26-20-16-12-7-2)55(64-53)45-31-32-51-49(34-45)48-29-23-24-30-50(48)60(51)10-5;36-23-28(35(38)39)20-25-16-19-34-32(22-25)30-12-7-13-33(30)37(34)29-17-14-24(15-18-29)21-31(26-8-3-1-4-9-26)27-10-5-2-6-11-27/h23-24,29-37,40,46H,6-22,25-28,38H2,1-5H3;1-6,8-11,14-22,30,33H,7,12-13H2,(H,38,39)/b;28-20+. The minimum absolute atomic E-state index is 0.248. The van der Waals surface area contributed by atoms with Gasteiger partial charge in [-0.05, 0) is 211 Å². The first-order valence-corrected chi connectivity index (χ1v) is 42.0. The molecule has 8 nitrogen and oxygen atoms in total. The molecule has 1 N–H and O–H groups in total. The van der Waals surface area contributed by atoms with Gasteiger partial charge in [0.15, 0.2) is 6.10 Å².